The molecule has 2 aromatic rings. The minimum atomic E-state index is 0.0971. The zero-order chi connectivity index (χ0) is 15.2. The third-order valence-corrected chi connectivity index (χ3v) is 3.10. The topological polar surface area (TPSA) is 47.0 Å². The lowest BCUT2D eigenvalue weighted by Gasteiger charge is -2.20. The molecule has 2 rings (SSSR count). The van der Waals surface area contributed by atoms with E-state index in [-0.39, 0.29) is 12.1 Å². The van der Waals surface area contributed by atoms with Gasteiger partial charge in [-0.2, -0.15) is 0 Å². The summed E-state index contributed by atoms with van der Waals surface area (Å²) in [5, 5.41) is 3.50. The maximum Gasteiger partial charge on any atom is 0.138 e. The molecule has 1 unspecified atom stereocenters. The molecule has 0 spiro atoms. The largest absolute Gasteiger partial charge is 0.489 e. The second-order valence-electron chi connectivity index (χ2n) is 5.34. The zero-order valence-corrected chi connectivity index (χ0v) is 13.1. The third kappa shape index (κ3) is 4.26. The number of rotatable bonds is 6. The van der Waals surface area contributed by atoms with Gasteiger partial charge in [0.25, 0.3) is 0 Å². The number of hydrogen-bond acceptors (Lipinski definition) is 4. The van der Waals surface area contributed by atoms with Crippen LogP contribution in [0.1, 0.15) is 43.6 Å². The summed E-state index contributed by atoms with van der Waals surface area (Å²) in [5.74, 6) is 0.802. The van der Waals surface area contributed by atoms with Crippen molar-refractivity contribution in [2.45, 2.75) is 39.8 Å². The average molecular weight is 285 g/mol. The Kier molecular flexibility index (Phi) is 5.28. The number of nitrogens with zero attached hydrogens (tertiary/aromatic N) is 2. The van der Waals surface area contributed by atoms with E-state index < -0.39 is 0 Å². The number of nitrogens with one attached hydrogen (secondary N) is 1. The maximum absolute atomic E-state index is 5.74. The molecule has 4 nitrogen and oxygen atoms in total. The van der Waals surface area contributed by atoms with Crippen LogP contribution in [-0.4, -0.2) is 22.6 Å². The van der Waals surface area contributed by atoms with Crippen LogP contribution in [0.4, 0.5) is 0 Å². The Labute approximate surface area is 126 Å². The van der Waals surface area contributed by atoms with Gasteiger partial charge in [-0.3, -0.25) is 9.97 Å². The van der Waals surface area contributed by atoms with Gasteiger partial charge in [0, 0.05) is 18.1 Å². The molecule has 112 valence electrons. The second-order valence-corrected chi connectivity index (χ2v) is 5.34. The number of hydrogen-bond donors (Lipinski definition) is 1. The lowest BCUT2D eigenvalue weighted by atomic mass is 10.0. The van der Waals surface area contributed by atoms with Crippen molar-refractivity contribution >= 4 is 0 Å². The average Bonchev–Trinajstić information content (AvgIpc) is 2.44. The van der Waals surface area contributed by atoms with Crippen molar-refractivity contribution in [2.75, 3.05) is 6.54 Å². The molecule has 0 aliphatic carbocycles. The predicted octanol–water partition coefficient (Wildman–Crippen LogP) is 3.27. The Bertz CT molecular complexity index is 584. The molecule has 0 fully saturated rings. The van der Waals surface area contributed by atoms with E-state index in [9.17, 15) is 0 Å². The highest BCUT2D eigenvalue weighted by Crippen LogP contribution is 2.24. The van der Waals surface area contributed by atoms with Crippen LogP contribution in [-0.2, 0) is 0 Å². The smallest absolute Gasteiger partial charge is 0.138 e. The summed E-state index contributed by atoms with van der Waals surface area (Å²) in [6.07, 6.45) is 5.63. The van der Waals surface area contributed by atoms with Gasteiger partial charge in [-0.05, 0) is 56.6 Å². The molecule has 2 aromatic heterocycles. The molecule has 2 heterocycles. The summed E-state index contributed by atoms with van der Waals surface area (Å²) in [6, 6.07) is 6.29. The maximum atomic E-state index is 5.74. The van der Waals surface area contributed by atoms with Crippen LogP contribution in [0.25, 0.3) is 0 Å². The fourth-order valence-electron chi connectivity index (χ4n) is 2.31. The number of aryl methyl sites for hydroxylation is 1. The summed E-state index contributed by atoms with van der Waals surface area (Å²) in [7, 11) is 0. The molecule has 0 radical (unpaired) electrons. The first kappa shape index (κ1) is 15.4. The lowest BCUT2D eigenvalue weighted by molar-refractivity contribution is 0.241. The van der Waals surface area contributed by atoms with Crippen molar-refractivity contribution in [3.05, 3.63) is 53.6 Å². The Hall–Kier alpha value is -1.94. The van der Waals surface area contributed by atoms with Gasteiger partial charge in [0.05, 0.1) is 18.3 Å². The molecule has 4 heteroatoms. The van der Waals surface area contributed by atoms with Gasteiger partial charge in [0.1, 0.15) is 5.75 Å². The summed E-state index contributed by atoms with van der Waals surface area (Å²) in [4.78, 5) is 8.57. The quantitative estimate of drug-likeness (QED) is 0.885. The standard InChI is InChI=1S/C17H23N3O/c1-5-19-17(14-6-7-20-13(4)8-14)15-9-16(11-18-10-15)21-12(2)3/h6-12,17,19H,5H2,1-4H3. The summed E-state index contributed by atoms with van der Waals surface area (Å²) in [5.41, 5.74) is 3.30. The molecule has 0 saturated carbocycles. The van der Waals surface area contributed by atoms with Crippen LogP contribution >= 0.6 is 0 Å². The summed E-state index contributed by atoms with van der Waals surface area (Å²) >= 11 is 0. The van der Waals surface area contributed by atoms with Crippen LogP contribution in [0.5, 0.6) is 5.75 Å². The normalized spacial score (nSPS) is 12.4. The minimum absolute atomic E-state index is 0.0971. The van der Waals surface area contributed by atoms with E-state index in [4.69, 9.17) is 4.74 Å². The highest BCUT2D eigenvalue weighted by molar-refractivity contribution is 5.34. The van der Waals surface area contributed by atoms with Crippen LogP contribution in [0, 0.1) is 6.92 Å². The van der Waals surface area contributed by atoms with Crippen molar-refractivity contribution in [3.8, 4) is 5.75 Å². The number of pyridine rings is 2. The van der Waals surface area contributed by atoms with Gasteiger partial charge >= 0.3 is 0 Å². The predicted molar refractivity (Wildman–Crippen MR) is 84.5 cm³/mol. The van der Waals surface area contributed by atoms with Crippen molar-refractivity contribution < 1.29 is 4.74 Å². The highest BCUT2D eigenvalue weighted by atomic mass is 16.5. The molecular formula is C17H23N3O. The Morgan fingerprint density at radius 1 is 1.19 bits per heavy atom. The molecule has 0 bridgehead atoms. The first-order valence-corrected chi connectivity index (χ1v) is 7.37. The molecular weight excluding hydrogens is 262 g/mol. The summed E-state index contributed by atoms with van der Waals surface area (Å²) < 4.78 is 5.74. The monoisotopic (exact) mass is 285 g/mol. The molecule has 0 aliphatic heterocycles. The van der Waals surface area contributed by atoms with Gasteiger partial charge in [-0.25, -0.2) is 0 Å². The van der Waals surface area contributed by atoms with Gasteiger partial charge < -0.3 is 10.1 Å². The van der Waals surface area contributed by atoms with Crippen molar-refractivity contribution in [1.29, 1.82) is 0 Å². The fourth-order valence-corrected chi connectivity index (χ4v) is 2.31. The van der Waals surface area contributed by atoms with Gasteiger partial charge in [0.2, 0.25) is 0 Å². The first-order chi connectivity index (χ1) is 10.1. The van der Waals surface area contributed by atoms with Crippen LogP contribution in [0.3, 0.4) is 0 Å². The molecule has 0 aliphatic rings. The Morgan fingerprint density at radius 3 is 2.67 bits per heavy atom. The van der Waals surface area contributed by atoms with Crippen LogP contribution in [0.2, 0.25) is 0 Å². The van der Waals surface area contributed by atoms with E-state index in [1.807, 2.05) is 39.2 Å². The highest BCUT2D eigenvalue weighted by Gasteiger charge is 2.15. The van der Waals surface area contributed by atoms with E-state index >= 15 is 0 Å². The van der Waals surface area contributed by atoms with Crippen molar-refractivity contribution in [1.82, 2.24) is 15.3 Å². The molecule has 0 saturated heterocycles. The minimum Gasteiger partial charge on any atom is -0.489 e. The Morgan fingerprint density at radius 2 is 2.00 bits per heavy atom. The second kappa shape index (κ2) is 7.18. The van der Waals surface area contributed by atoms with Gasteiger partial charge in [-0.15, -0.1) is 0 Å². The van der Waals surface area contributed by atoms with Crippen LogP contribution < -0.4 is 10.1 Å². The SMILES string of the molecule is CCNC(c1cncc(OC(C)C)c1)c1ccnc(C)c1. The summed E-state index contributed by atoms with van der Waals surface area (Å²) in [6.45, 7) is 9.01. The number of ether oxygens (including phenoxy) is 1. The van der Waals surface area contributed by atoms with E-state index in [1.54, 1.807) is 6.20 Å². The molecule has 1 atom stereocenters. The molecule has 1 N–H and O–H groups in total. The Balaban J connectivity index is 2.34. The fraction of sp³-hybridized carbons (Fsp3) is 0.412. The van der Waals surface area contributed by atoms with Gasteiger partial charge in [-0.1, -0.05) is 6.92 Å². The number of aromatic nitrogens is 2. The van der Waals surface area contributed by atoms with Crippen molar-refractivity contribution in [2.24, 2.45) is 0 Å². The third-order valence-electron chi connectivity index (χ3n) is 3.10. The zero-order valence-electron chi connectivity index (χ0n) is 13.1. The van der Waals surface area contributed by atoms with Gasteiger partial charge in [0.15, 0.2) is 0 Å². The lowest BCUT2D eigenvalue weighted by Crippen LogP contribution is -2.22. The first-order valence-electron chi connectivity index (χ1n) is 7.37. The molecule has 21 heavy (non-hydrogen) atoms. The molecule has 0 aromatic carbocycles. The molecule has 0 amide bonds. The van der Waals surface area contributed by atoms with E-state index in [0.29, 0.717) is 0 Å². The van der Waals surface area contributed by atoms with Crippen LogP contribution in [0.15, 0.2) is 36.8 Å². The van der Waals surface area contributed by atoms with E-state index in [2.05, 4.69) is 34.3 Å². The van der Waals surface area contributed by atoms with E-state index in [1.165, 1.54) is 5.56 Å². The van der Waals surface area contributed by atoms with E-state index in [0.717, 1.165) is 23.6 Å². The van der Waals surface area contributed by atoms with Crippen molar-refractivity contribution in [3.63, 3.8) is 0 Å².